The number of ketones is 1. The first-order valence-corrected chi connectivity index (χ1v) is 8.43. The second-order valence-corrected chi connectivity index (χ2v) is 6.12. The molecular formula is C21H17FO6. The molecule has 1 aromatic heterocycles. The van der Waals surface area contributed by atoms with E-state index in [1.54, 1.807) is 19.1 Å². The summed E-state index contributed by atoms with van der Waals surface area (Å²) in [5.74, 6) is -0.935. The number of carbonyl (C=O) groups excluding carboxylic acids is 2. The fraction of sp³-hybridized carbons (Fsp3) is 0.190. The maximum Gasteiger partial charge on any atom is 0.340 e. The number of benzene rings is 2. The van der Waals surface area contributed by atoms with E-state index < -0.39 is 17.4 Å². The van der Waals surface area contributed by atoms with Crippen LogP contribution in [-0.2, 0) is 16.0 Å². The van der Waals surface area contributed by atoms with Gasteiger partial charge in [-0.2, -0.15) is 0 Å². The van der Waals surface area contributed by atoms with Crippen LogP contribution in [0.5, 0.6) is 5.75 Å². The van der Waals surface area contributed by atoms with Gasteiger partial charge in [0.2, 0.25) is 0 Å². The highest BCUT2D eigenvalue weighted by Crippen LogP contribution is 2.24. The molecule has 0 bridgehead atoms. The highest BCUT2D eigenvalue weighted by Gasteiger charge is 2.16. The van der Waals surface area contributed by atoms with Crippen LogP contribution < -0.4 is 10.4 Å². The number of methoxy groups -OCH3 is 1. The van der Waals surface area contributed by atoms with Crippen LogP contribution in [0.1, 0.15) is 21.5 Å². The van der Waals surface area contributed by atoms with Gasteiger partial charge in [0.1, 0.15) is 17.1 Å². The van der Waals surface area contributed by atoms with Crippen molar-refractivity contribution in [3.05, 3.63) is 75.4 Å². The molecule has 0 aliphatic heterocycles. The molecule has 0 fully saturated rings. The molecule has 0 amide bonds. The Morgan fingerprint density at radius 2 is 1.82 bits per heavy atom. The molecule has 2 aromatic carbocycles. The second-order valence-electron chi connectivity index (χ2n) is 6.12. The number of Topliss-reactive ketones (excluding diaryl/α,β-unsaturated/α-hetero) is 1. The number of fused-ring (bicyclic) bond motifs is 1. The minimum absolute atomic E-state index is 0.176. The predicted octanol–water partition coefficient (Wildman–Crippen LogP) is 3.22. The molecule has 0 saturated heterocycles. The third-order valence-corrected chi connectivity index (χ3v) is 4.34. The number of hydrogen-bond donors (Lipinski definition) is 0. The SMILES string of the molecule is COC(=O)Cc1c(C)c2ccc(OCC(=O)c3ccc(F)cc3)cc2oc1=O. The maximum atomic E-state index is 12.9. The predicted molar refractivity (Wildman–Crippen MR) is 99.2 cm³/mol. The van der Waals surface area contributed by atoms with Gasteiger partial charge in [0.25, 0.3) is 0 Å². The van der Waals surface area contributed by atoms with Crippen molar-refractivity contribution in [2.45, 2.75) is 13.3 Å². The molecule has 0 N–H and O–H groups in total. The summed E-state index contributed by atoms with van der Waals surface area (Å²) in [4.78, 5) is 35.8. The van der Waals surface area contributed by atoms with Gasteiger partial charge in [0.05, 0.1) is 19.1 Å². The molecule has 3 aromatic rings. The first kappa shape index (κ1) is 19.3. The summed E-state index contributed by atoms with van der Waals surface area (Å²) in [6, 6.07) is 9.99. The van der Waals surface area contributed by atoms with Gasteiger partial charge in [-0.25, -0.2) is 9.18 Å². The molecule has 0 spiro atoms. The average molecular weight is 384 g/mol. The number of halogens is 1. The highest BCUT2D eigenvalue weighted by atomic mass is 19.1. The fourth-order valence-corrected chi connectivity index (χ4v) is 2.75. The number of ether oxygens (including phenoxy) is 2. The summed E-state index contributed by atoms with van der Waals surface area (Å²) in [7, 11) is 1.25. The second kappa shape index (κ2) is 8.04. The van der Waals surface area contributed by atoms with Gasteiger partial charge >= 0.3 is 11.6 Å². The van der Waals surface area contributed by atoms with Gasteiger partial charge in [-0.05, 0) is 48.9 Å². The summed E-state index contributed by atoms with van der Waals surface area (Å²) < 4.78 is 28.3. The van der Waals surface area contributed by atoms with Crippen molar-refractivity contribution in [2.75, 3.05) is 13.7 Å². The van der Waals surface area contributed by atoms with Crippen molar-refractivity contribution in [1.82, 2.24) is 0 Å². The Kier molecular flexibility index (Phi) is 5.54. The molecule has 28 heavy (non-hydrogen) atoms. The lowest BCUT2D eigenvalue weighted by atomic mass is 10.0. The first-order chi connectivity index (χ1) is 13.4. The van der Waals surface area contributed by atoms with Crippen LogP contribution in [0, 0.1) is 12.7 Å². The Morgan fingerprint density at radius 3 is 2.50 bits per heavy atom. The van der Waals surface area contributed by atoms with Gasteiger partial charge in [-0.15, -0.1) is 0 Å². The lowest BCUT2D eigenvalue weighted by Crippen LogP contribution is -2.16. The zero-order valence-corrected chi connectivity index (χ0v) is 15.3. The van der Waals surface area contributed by atoms with Crippen LogP contribution in [-0.4, -0.2) is 25.5 Å². The molecule has 1 heterocycles. The summed E-state index contributed by atoms with van der Waals surface area (Å²) in [5.41, 5.74) is 0.833. The lowest BCUT2D eigenvalue weighted by molar-refractivity contribution is -0.139. The van der Waals surface area contributed by atoms with Crippen LogP contribution >= 0.6 is 0 Å². The third-order valence-electron chi connectivity index (χ3n) is 4.34. The van der Waals surface area contributed by atoms with Gasteiger partial charge in [-0.3, -0.25) is 9.59 Å². The number of esters is 1. The van der Waals surface area contributed by atoms with E-state index in [1.807, 2.05) is 0 Å². The van der Waals surface area contributed by atoms with Crippen molar-refractivity contribution in [3.8, 4) is 5.75 Å². The summed E-state index contributed by atoms with van der Waals surface area (Å²) >= 11 is 0. The highest BCUT2D eigenvalue weighted by molar-refractivity contribution is 5.97. The zero-order chi connectivity index (χ0) is 20.3. The van der Waals surface area contributed by atoms with E-state index in [9.17, 15) is 18.8 Å². The Morgan fingerprint density at radius 1 is 1.11 bits per heavy atom. The van der Waals surface area contributed by atoms with E-state index in [4.69, 9.17) is 9.15 Å². The molecule has 6 nitrogen and oxygen atoms in total. The minimum atomic E-state index is -0.630. The van der Waals surface area contributed by atoms with Crippen LogP contribution in [0.15, 0.2) is 51.7 Å². The van der Waals surface area contributed by atoms with Crippen molar-refractivity contribution in [1.29, 1.82) is 0 Å². The molecule has 3 rings (SSSR count). The van der Waals surface area contributed by atoms with E-state index >= 15 is 0 Å². The largest absolute Gasteiger partial charge is 0.485 e. The van der Waals surface area contributed by atoms with Crippen molar-refractivity contribution in [3.63, 3.8) is 0 Å². The molecule has 0 aliphatic carbocycles. The molecule has 0 atom stereocenters. The molecule has 144 valence electrons. The monoisotopic (exact) mass is 384 g/mol. The molecule has 0 aliphatic rings. The van der Waals surface area contributed by atoms with E-state index in [0.717, 1.165) is 0 Å². The average Bonchev–Trinajstić information content (AvgIpc) is 2.69. The fourth-order valence-electron chi connectivity index (χ4n) is 2.75. The quantitative estimate of drug-likeness (QED) is 0.369. The van der Waals surface area contributed by atoms with Crippen LogP contribution in [0.25, 0.3) is 11.0 Å². The van der Waals surface area contributed by atoms with Crippen LogP contribution in [0.4, 0.5) is 4.39 Å². The molecule has 0 saturated carbocycles. The maximum absolute atomic E-state index is 12.9. The van der Waals surface area contributed by atoms with Crippen LogP contribution in [0.3, 0.4) is 0 Å². The summed E-state index contributed by atoms with van der Waals surface area (Å²) in [6.07, 6.45) is -0.176. The number of carbonyl (C=O) groups is 2. The Bertz CT molecular complexity index is 1100. The number of aryl methyl sites for hydroxylation is 1. The molecule has 0 unspecified atom stereocenters. The Labute approximate surface area is 159 Å². The van der Waals surface area contributed by atoms with E-state index in [-0.39, 0.29) is 30.0 Å². The normalized spacial score (nSPS) is 10.7. The van der Waals surface area contributed by atoms with E-state index in [2.05, 4.69) is 4.74 Å². The smallest absolute Gasteiger partial charge is 0.340 e. The standard InChI is InChI=1S/C21H17FO6/c1-12-16-8-7-15(27-11-18(23)13-3-5-14(22)6-4-13)9-19(16)28-21(25)17(12)10-20(24)26-2/h3-9H,10-11H2,1-2H3. The molecule has 7 heteroatoms. The third kappa shape index (κ3) is 4.09. The summed E-state index contributed by atoms with van der Waals surface area (Å²) in [6.45, 7) is 1.47. The van der Waals surface area contributed by atoms with Gasteiger partial charge in [0.15, 0.2) is 12.4 Å². The molecular weight excluding hydrogens is 367 g/mol. The Balaban J connectivity index is 1.81. The minimum Gasteiger partial charge on any atom is -0.485 e. The van der Waals surface area contributed by atoms with E-state index in [0.29, 0.717) is 22.3 Å². The topological polar surface area (TPSA) is 82.8 Å². The zero-order valence-electron chi connectivity index (χ0n) is 15.3. The number of hydrogen-bond acceptors (Lipinski definition) is 6. The van der Waals surface area contributed by atoms with Gasteiger partial charge in [-0.1, -0.05) is 0 Å². The van der Waals surface area contributed by atoms with E-state index in [1.165, 1.54) is 37.4 Å². The van der Waals surface area contributed by atoms with Crippen molar-refractivity contribution < 1.29 is 27.9 Å². The summed E-state index contributed by atoms with van der Waals surface area (Å²) in [5, 5.41) is 0.649. The lowest BCUT2D eigenvalue weighted by Gasteiger charge is -2.09. The van der Waals surface area contributed by atoms with Crippen molar-refractivity contribution >= 4 is 22.7 Å². The first-order valence-electron chi connectivity index (χ1n) is 8.43. The van der Waals surface area contributed by atoms with Gasteiger partial charge in [0, 0.05) is 17.0 Å². The van der Waals surface area contributed by atoms with Crippen LogP contribution in [0.2, 0.25) is 0 Å². The number of rotatable bonds is 6. The van der Waals surface area contributed by atoms with Gasteiger partial charge < -0.3 is 13.9 Å². The molecule has 0 radical (unpaired) electrons. The van der Waals surface area contributed by atoms with Crippen molar-refractivity contribution in [2.24, 2.45) is 0 Å². The Hall–Kier alpha value is -3.48.